The summed E-state index contributed by atoms with van der Waals surface area (Å²) in [6.45, 7) is 13.1. The van der Waals surface area contributed by atoms with E-state index in [0.29, 0.717) is 0 Å². The van der Waals surface area contributed by atoms with Crippen LogP contribution >= 0.6 is 0 Å². The molecule has 0 saturated carbocycles. The molecule has 0 bridgehead atoms. The SMILES string of the molecule is CCCCCCCCCCCCCCCCCCCCCCCCCCCC#CC(=N\c1cc(C)cc(C)c1)/C(CCCC)=N/c1cc(C)cc(C)c1.[Ni]. The molecule has 0 heterocycles. The molecule has 306 valence electrons. The minimum atomic E-state index is 0. The van der Waals surface area contributed by atoms with Crippen LogP contribution in [-0.2, 0) is 16.5 Å². The van der Waals surface area contributed by atoms with Crippen LogP contribution < -0.4 is 0 Å². The molecule has 0 aliphatic heterocycles. The number of unbranched alkanes of at least 4 members (excludes halogenated alkanes) is 26. The number of aryl methyl sites for hydroxylation is 4. The van der Waals surface area contributed by atoms with Gasteiger partial charge in [-0.3, -0.25) is 4.99 Å². The van der Waals surface area contributed by atoms with Gasteiger partial charge in [0.2, 0.25) is 0 Å². The van der Waals surface area contributed by atoms with Crippen molar-refractivity contribution in [2.45, 2.75) is 228 Å². The second-order valence-electron chi connectivity index (χ2n) is 16.4. The molecule has 2 rings (SSSR count). The molecule has 0 aliphatic rings. The van der Waals surface area contributed by atoms with E-state index in [-0.39, 0.29) is 16.5 Å². The van der Waals surface area contributed by atoms with Crippen molar-refractivity contribution in [3.05, 3.63) is 58.7 Å². The van der Waals surface area contributed by atoms with Gasteiger partial charge in [-0.1, -0.05) is 192 Å². The maximum atomic E-state index is 5.16. The van der Waals surface area contributed by atoms with E-state index in [4.69, 9.17) is 9.98 Å². The van der Waals surface area contributed by atoms with Gasteiger partial charge in [0.15, 0.2) is 0 Å². The number of hydrogen-bond donors (Lipinski definition) is 0. The third-order valence-corrected chi connectivity index (χ3v) is 10.6. The van der Waals surface area contributed by atoms with Crippen molar-refractivity contribution < 1.29 is 16.5 Å². The van der Waals surface area contributed by atoms with Crippen LogP contribution in [0.3, 0.4) is 0 Å². The van der Waals surface area contributed by atoms with Gasteiger partial charge in [0.05, 0.1) is 17.1 Å². The molecule has 0 unspecified atom stereocenters. The molecule has 0 radical (unpaired) electrons. The van der Waals surface area contributed by atoms with Crippen molar-refractivity contribution in [2.24, 2.45) is 9.98 Å². The van der Waals surface area contributed by atoms with E-state index < -0.39 is 0 Å². The Morgan fingerprint density at radius 3 is 1.07 bits per heavy atom. The molecule has 0 saturated heterocycles. The Morgan fingerprint density at radius 2 is 0.722 bits per heavy atom. The molecule has 2 aromatic rings. The third kappa shape index (κ3) is 26.6. The van der Waals surface area contributed by atoms with Gasteiger partial charge < -0.3 is 0 Å². The second kappa shape index (κ2) is 34.1. The van der Waals surface area contributed by atoms with Crippen LogP contribution in [0, 0.1) is 39.5 Å². The maximum absolute atomic E-state index is 5.16. The number of nitrogens with zero attached hydrogens (tertiary/aromatic N) is 2. The zero-order valence-electron chi connectivity index (χ0n) is 36.2. The first-order chi connectivity index (χ1) is 25.9. The maximum Gasteiger partial charge on any atom is 0.135 e. The Balaban J connectivity index is 0.0000146. The monoisotopic (exact) mass is 781 g/mol. The van der Waals surface area contributed by atoms with Gasteiger partial charge in [-0.2, -0.15) is 0 Å². The molecule has 0 aromatic heterocycles. The molecule has 0 spiro atoms. The Morgan fingerprint density at radius 1 is 0.407 bits per heavy atom. The van der Waals surface area contributed by atoms with Crippen molar-refractivity contribution in [1.29, 1.82) is 0 Å². The quantitative estimate of drug-likeness (QED) is 0.0315. The van der Waals surface area contributed by atoms with Crippen LogP contribution in [0.4, 0.5) is 11.4 Å². The van der Waals surface area contributed by atoms with E-state index in [2.05, 4.69) is 89.8 Å². The fraction of sp³-hybridized carbons (Fsp3) is 0.686. The summed E-state index contributed by atoms with van der Waals surface area (Å²) in [4.78, 5) is 10.3. The molecule has 0 aliphatic carbocycles. The van der Waals surface area contributed by atoms with E-state index in [9.17, 15) is 0 Å². The molecule has 0 amide bonds. The van der Waals surface area contributed by atoms with Crippen LogP contribution in [0.25, 0.3) is 0 Å². The summed E-state index contributed by atoms with van der Waals surface area (Å²) >= 11 is 0. The fourth-order valence-corrected chi connectivity index (χ4v) is 7.55. The predicted octanol–water partition coefficient (Wildman–Crippen LogP) is 17.1. The Kier molecular flexibility index (Phi) is 31.5. The van der Waals surface area contributed by atoms with Crippen molar-refractivity contribution in [1.82, 2.24) is 0 Å². The van der Waals surface area contributed by atoms with Crippen LogP contribution in [-0.4, -0.2) is 11.4 Å². The Hall–Kier alpha value is -2.17. The number of aliphatic imine (C=N–C) groups is 2. The largest absolute Gasteiger partial charge is 0.250 e. The molecule has 2 nitrogen and oxygen atoms in total. The van der Waals surface area contributed by atoms with E-state index in [1.807, 2.05) is 0 Å². The molecule has 2 aromatic carbocycles. The summed E-state index contributed by atoms with van der Waals surface area (Å²) in [5, 5.41) is 0. The van der Waals surface area contributed by atoms with Gasteiger partial charge in [-0.25, -0.2) is 4.99 Å². The van der Waals surface area contributed by atoms with Crippen LogP contribution in [0.5, 0.6) is 0 Å². The average Bonchev–Trinajstić information content (AvgIpc) is 3.11. The van der Waals surface area contributed by atoms with Gasteiger partial charge in [0, 0.05) is 22.9 Å². The number of rotatable bonds is 31. The smallest absolute Gasteiger partial charge is 0.135 e. The van der Waals surface area contributed by atoms with E-state index in [1.165, 1.54) is 183 Å². The molecule has 3 heteroatoms. The van der Waals surface area contributed by atoms with E-state index in [0.717, 1.165) is 48.5 Å². The van der Waals surface area contributed by atoms with Crippen molar-refractivity contribution in [2.75, 3.05) is 0 Å². The second-order valence-corrected chi connectivity index (χ2v) is 16.4. The Bertz CT molecular complexity index is 1300. The minimum Gasteiger partial charge on any atom is -0.250 e. The van der Waals surface area contributed by atoms with Crippen LogP contribution in [0.1, 0.15) is 222 Å². The van der Waals surface area contributed by atoms with Gasteiger partial charge in [0.25, 0.3) is 0 Å². The van der Waals surface area contributed by atoms with Crippen molar-refractivity contribution >= 4 is 22.8 Å². The Labute approximate surface area is 346 Å². The summed E-state index contributed by atoms with van der Waals surface area (Å²) in [6, 6.07) is 13.1. The van der Waals surface area contributed by atoms with Crippen molar-refractivity contribution in [3.8, 4) is 11.8 Å². The van der Waals surface area contributed by atoms with Gasteiger partial charge in [-0.05, 0) is 99.4 Å². The first kappa shape index (κ1) is 49.9. The first-order valence-electron chi connectivity index (χ1n) is 22.7. The summed E-state index contributed by atoms with van der Waals surface area (Å²) in [5.74, 6) is 7.01. The average molecular weight is 782 g/mol. The van der Waals surface area contributed by atoms with E-state index >= 15 is 0 Å². The summed E-state index contributed by atoms with van der Waals surface area (Å²) in [7, 11) is 0. The van der Waals surface area contributed by atoms with Crippen LogP contribution in [0.2, 0.25) is 0 Å². The zero-order chi connectivity index (χ0) is 38.2. The molecular formula is C51H82N2Ni. The molecule has 54 heavy (non-hydrogen) atoms. The molecule has 0 N–H and O–H groups in total. The normalized spacial score (nSPS) is 11.7. The standard InChI is InChI=1S/C51H82N2.Ni/c1-7-9-11-12-13-14-15-16-17-18-19-20-21-22-23-24-25-26-27-28-29-30-31-32-33-34-35-37-51(53-49-42-46(5)39-47(6)43-49)50(36-10-8-2)52-48-40-44(3)38-45(4)41-48;/h38-43H,7-34,36H2,1-6H3;/b52-50+,53-51+;. The number of benzene rings is 2. The summed E-state index contributed by atoms with van der Waals surface area (Å²) in [5.41, 5.74) is 8.76. The third-order valence-electron chi connectivity index (χ3n) is 10.6. The topological polar surface area (TPSA) is 24.7 Å². The summed E-state index contributed by atoms with van der Waals surface area (Å²) < 4.78 is 0. The molecule has 0 atom stereocenters. The fourth-order valence-electron chi connectivity index (χ4n) is 7.55. The van der Waals surface area contributed by atoms with Gasteiger partial charge in [0.1, 0.15) is 5.71 Å². The van der Waals surface area contributed by atoms with Gasteiger partial charge in [-0.15, -0.1) is 0 Å². The van der Waals surface area contributed by atoms with Crippen molar-refractivity contribution in [3.63, 3.8) is 0 Å². The zero-order valence-corrected chi connectivity index (χ0v) is 37.2. The molecule has 0 fully saturated rings. The molecular weight excluding hydrogens is 699 g/mol. The number of hydrogen-bond acceptors (Lipinski definition) is 2. The minimum absolute atomic E-state index is 0. The van der Waals surface area contributed by atoms with Crippen LogP contribution in [0.15, 0.2) is 46.4 Å². The first-order valence-corrected chi connectivity index (χ1v) is 22.7. The van der Waals surface area contributed by atoms with E-state index in [1.54, 1.807) is 0 Å². The summed E-state index contributed by atoms with van der Waals surface area (Å²) in [6.07, 6.45) is 39.6. The predicted molar refractivity (Wildman–Crippen MR) is 239 cm³/mol. The van der Waals surface area contributed by atoms with Gasteiger partial charge >= 0.3 is 0 Å².